The van der Waals surface area contributed by atoms with Crippen molar-refractivity contribution in [3.8, 4) is 0 Å². The summed E-state index contributed by atoms with van der Waals surface area (Å²) in [6.07, 6.45) is 2.74. The molecule has 0 radical (unpaired) electrons. The lowest BCUT2D eigenvalue weighted by atomic mass is 10.3. The first kappa shape index (κ1) is 10.9. The molecular weight excluding hydrogens is 202 g/mol. The van der Waals surface area contributed by atoms with Gasteiger partial charge in [-0.1, -0.05) is 6.92 Å². The van der Waals surface area contributed by atoms with Crippen molar-refractivity contribution in [2.75, 3.05) is 11.9 Å². The van der Waals surface area contributed by atoms with Crippen molar-refractivity contribution in [3.05, 3.63) is 24.0 Å². The second-order valence-corrected chi connectivity index (χ2v) is 4.25. The molecule has 1 heterocycles. The standard InChI is InChI=1S/C12H17N3O/c1-3-13-9-4-5-14-11(7-9)12(16)15-10-6-8(10)2/h4-5,7-8,10H,3,6H2,1-2H3,(H,13,14)(H,15,16). The molecule has 2 unspecified atom stereocenters. The molecule has 2 rings (SSSR count). The Morgan fingerprint density at radius 3 is 3.00 bits per heavy atom. The van der Waals surface area contributed by atoms with E-state index in [1.54, 1.807) is 12.3 Å². The van der Waals surface area contributed by atoms with E-state index >= 15 is 0 Å². The van der Waals surface area contributed by atoms with Crippen LogP contribution in [0.5, 0.6) is 0 Å². The van der Waals surface area contributed by atoms with Crippen LogP contribution in [0.3, 0.4) is 0 Å². The summed E-state index contributed by atoms with van der Waals surface area (Å²) in [4.78, 5) is 15.9. The molecule has 16 heavy (non-hydrogen) atoms. The molecule has 0 bridgehead atoms. The van der Waals surface area contributed by atoms with Crippen molar-refractivity contribution in [1.82, 2.24) is 10.3 Å². The number of carbonyl (C=O) groups is 1. The van der Waals surface area contributed by atoms with Crippen molar-refractivity contribution in [2.45, 2.75) is 26.3 Å². The number of hydrogen-bond acceptors (Lipinski definition) is 3. The van der Waals surface area contributed by atoms with Gasteiger partial charge in [-0.25, -0.2) is 0 Å². The van der Waals surface area contributed by atoms with Crippen LogP contribution in [0.2, 0.25) is 0 Å². The first-order valence-electron chi connectivity index (χ1n) is 5.71. The fourth-order valence-corrected chi connectivity index (χ4v) is 1.63. The molecule has 4 heteroatoms. The molecular formula is C12H17N3O. The quantitative estimate of drug-likeness (QED) is 0.809. The van der Waals surface area contributed by atoms with Crippen LogP contribution in [-0.2, 0) is 0 Å². The summed E-state index contributed by atoms with van der Waals surface area (Å²) < 4.78 is 0. The van der Waals surface area contributed by atoms with Crippen LogP contribution in [-0.4, -0.2) is 23.5 Å². The second-order valence-electron chi connectivity index (χ2n) is 4.25. The molecule has 1 saturated carbocycles. The van der Waals surface area contributed by atoms with E-state index in [0.29, 0.717) is 17.7 Å². The van der Waals surface area contributed by atoms with Crippen LogP contribution in [0, 0.1) is 5.92 Å². The number of amides is 1. The third-order valence-corrected chi connectivity index (χ3v) is 2.80. The van der Waals surface area contributed by atoms with Gasteiger partial charge in [0, 0.05) is 24.5 Å². The molecule has 1 amide bonds. The van der Waals surface area contributed by atoms with Gasteiger partial charge in [0.1, 0.15) is 5.69 Å². The summed E-state index contributed by atoms with van der Waals surface area (Å²) in [5.41, 5.74) is 1.42. The maximum absolute atomic E-state index is 11.8. The number of pyridine rings is 1. The molecule has 1 aliphatic rings. The second kappa shape index (κ2) is 4.51. The largest absolute Gasteiger partial charge is 0.385 e. The van der Waals surface area contributed by atoms with E-state index in [9.17, 15) is 4.79 Å². The molecule has 1 aromatic heterocycles. The maximum Gasteiger partial charge on any atom is 0.270 e. The van der Waals surface area contributed by atoms with Gasteiger partial charge in [0.2, 0.25) is 0 Å². The number of hydrogen-bond donors (Lipinski definition) is 2. The average Bonchev–Trinajstić information content (AvgIpc) is 2.95. The average molecular weight is 219 g/mol. The van der Waals surface area contributed by atoms with Crippen LogP contribution in [0.1, 0.15) is 30.8 Å². The van der Waals surface area contributed by atoms with Gasteiger partial charge in [-0.15, -0.1) is 0 Å². The van der Waals surface area contributed by atoms with Crippen molar-refractivity contribution < 1.29 is 4.79 Å². The number of carbonyl (C=O) groups excluding carboxylic acids is 1. The number of aromatic nitrogens is 1. The van der Waals surface area contributed by atoms with Crippen molar-refractivity contribution in [3.63, 3.8) is 0 Å². The minimum absolute atomic E-state index is 0.0749. The van der Waals surface area contributed by atoms with E-state index in [1.165, 1.54) is 0 Å². The Hall–Kier alpha value is -1.58. The molecule has 0 spiro atoms. The first-order valence-corrected chi connectivity index (χ1v) is 5.71. The first-order chi connectivity index (χ1) is 7.70. The molecule has 2 N–H and O–H groups in total. The topological polar surface area (TPSA) is 54.0 Å². The lowest BCUT2D eigenvalue weighted by Gasteiger charge is -2.06. The predicted octanol–water partition coefficient (Wildman–Crippen LogP) is 1.65. The Kier molecular flexibility index (Phi) is 3.08. The molecule has 1 aromatic rings. The lowest BCUT2D eigenvalue weighted by molar-refractivity contribution is 0.0944. The molecule has 1 aliphatic carbocycles. The fraction of sp³-hybridized carbons (Fsp3) is 0.500. The third-order valence-electron chi connectivity index (χ3n) is 2.80. The molecule has 0 aliphatic heterocycles. The SMILES string of the molecule is CCNc1ccnc(C(=O)NC2CC2C)c1. The Labute approximate surface area is 95.5 Å². The Morgan fingerprint density at radius 1 is 1.62 bits per heavy atom. The van der Waals surface area contributed by atoms with Crippen LogP contribution in [0.15, 0.2) is 18.3 Å². The van der Waals surface area contributed by atoms with Crippen LogP contribution in [0.25, 0.3) is 0 Å². The zero-order valence-electron chi connectivity index (χ0n) is 9.66. The zero-order chi connectivity index (χ0) is 11.5. The van der Waals surface area contributed by atoms with E-state index < -0.39 is 0 Å². The van der Waals surface area contributed by atoms with Crippen LogP contribution < -0.4 is 10.6 Å². The van der Waals surface area contributed by atoms with Crippen LogP contribution in [0.4, 0.5) is 5.69 Å². The molecule has 86 valence electrons. The van der Waals surface area contributed by atoms with Gasteiger partial charge in [-0.3, -0.25) is 9.78 Å². The van der Waals surface area contributed by atoms with Crippen LogP contribution >= 0.6 is 0 Å². The van der Waals surface area contributed by atoms with E-state index in [-0.39, 0.29) is 5.91 Å². The summed E-state index contributed by atoms with van der Waals surface area (Å²) in [6, 6.07) is 3.99. The highest BCUT2D eigenvalue weighted by Gasteiger charge is 2.34. The summed E-state index contributed by atoms with van der Waals surface area (Å²) >= 11 is 0. The van der Waals surface area contributed by atoms with E-state index in [2.05, 4.69) is 22.5 Å². The number of rotatable bonds is 4. The Morgan fingerprint density at radius 2 is 2.38 bits per heavy atom. The molecule has 4 nitrogen and oxygen atoms in total. The van der Waals surface area contributed by atoms with Gasteiger partial charge in [-0.05, 0) is 31.4 Å². The van der Waals surface area contributed by atoms with Gasteiger partial charge in [0.15, 0.2) is 0 Å². The summed E-state index contributed by atoms with van der Waals surface area (Å²) in [6.45, 7) is 4.99. The lowest BCUT2D eigenvalue weighted by Crippen LogP contribution is -2.27. The smallest absolute Gasteiger partial charge is 0.270 e. The van der Waals surface area contributed by atoms with Crippen molar-refractivity contribution >= 4 is 11.6 Å². The fourth-order valence-electron chi connectivity index (χ4n) is 1.63. The van der Waals surface area contributed by atoms with Crippen molar-refractivity contribution in [1.29, 1.82) is 0 Å². The van der Waals surface area contributed by atoms with E-state index in [4.69, 9.17) is 0 Å². The number of nitrogens with one attached hydrogen (secondary N) is 2. The van der Waals surface area contributed by atoms with Crippen molar-refractivity contribution in [2.24, 2.45) is 5.92 Å². The Bertz CT molecular complexity index is 392. The Balaban J connectivity index is 2.01. The summed E-state index contributed by atoms with van der Waals surface area (Å²) in [5, 5.41) is 6.12. The highest BCUT2D eigenvalue weighted by Crippen LogP contribution is 2.29. The predicted molar refractivity (Wildman–Crippen MR) is 63.4 cm³/mol. The monoisotopic (exact) mass is 219 g/mol. The molecule has 0 aromatic carbocycles. The van der Waals surface area contributed by atoms with Gasteiger partial charge in [0.25, 0.3) is 5.91 Å². The highest BCUT2D eigenvalue weighted by atomic mass is 16.2. The van der Waals surface area contributed by atoms with E-state index in [1.807, 2.05) is 13.0 Å². The summed E-state index contributed by atoms with van der Waals surface area (Å²) in [7, 11) is 0. The minimum Gasteiger partial charge on any atom is -0.385 e. The summed E-state index contributed by atoms with van der Waals surface area (Å²) in [5.74, 6) is 0.537. The highest BCUT2D eigenvalue weighted by molar-refractivity contribution is 5.93. The minimum atomic E-state index is -0.0749. The zero-order valence-corrected chi connectivity index (χ0v) is 9.66. The molecule has 2 atom stereocenters. The van der Waals surface area contributed by atoms with Gasteiger partial charge >= 0.3 is 0 Å². The molecule has 1 fully saturated rings. The number of anilines is 1. The van der Waals surface area contributed by atoms with Gasteiger partial charge < -0.3 is 10.6 Å². The molecule has 0 saturated heterocycles. The normalized spacial score (nSPS) is 22.6. The maximum atomic E-state index is 11.8. The van der Waals surface area contributed by atoms with E-state index in [0.717, 1.165) is 18.7 Å². The van der Waals surface area contributed by atoms with Gasteiger partial charge in [0.05, 0.1) is 0 Å². The third kappa shape index (κ3) is 2.51. The van der Waals surface area contributed by atoms with Gasteiger partial charge in [-0.2, -0.15) is 0 Å². The number of nitrogens with zero attached hydrogens (tertiary/aromatic N) is 1.